The maximum absolute atomic E-state index is 12.8. The summed E-state index contributed by atoms with van der Waals surface area (Å²) in [6, 6.07) is 17.1. The van der Waals surface area contributed by atoms with Gasteiger partial charge in [-0.15, -0.1) is 11.3 Å². The third-order valence-electron chi connectivity index (χ3n) is 4.68. The normalized spacial score (nSPS) is 14.8. The average Bonchev–Trinajstić information content (AvgIpc) is 3.09. The molecule has 3 nitrogen and oxygen atoms in total. The first-order valence-electron chi connectivity index (χ1n) is 8.65. The lowest BCUT2D eigenvalue weighted by Crippen LogP contribution is -2.40. The van der Waals surface area contributed by atoms with Crippen LogP contribution in [0.5, 0.6) is 0 Å². The van der Waals surface area contributed by atoms with E-state index in [0.29, 0.717) is 26.3 Å². The predicted molar refractivity (Wildman–Crippen MR) is 103 cm³/mol. The Morgan fingerprint density at radius 2 is 1.88 bits per heavy atom. The Hall–Kier alpha value is -2.17. The molecular formula is C21H21NO2S. The highest BCUT2D eigenvalue weighted by atomic mass is 32.1. The second-order valence-electron chi connectivity index (χ2n) is 6.51. The zero-order chi connectivity index (χ0) is 17.2. The van der Waals surface area contributed by atoms with Gasteiger partial charge in [-0.05, 0) is 42.0 Å². The monoisotopic (exact) mass is 351 g/mol. The fourth-order valence-corrected chi connectivity index (χ4v) is 4.31. The fraction of sp³-hybridized carbons (Fsp3) is 0.286. The summed E-state index contributed by atoms with van der Waals surface area (Å²) in [5.41, 5.74) is 3.85. The third-order valence-corrected chi connectivity index (χ3v) is 5.76. The summed E-state index contributed by atoms with van der Waals surface area (Å²) in [6.45, 7) is 4.74. The lowest BCUT2D eigenvalue weighted by Gasteiger charge is -2.26. The SMILES string of the molecule is Cc1ccc(Cc2cccc3sc(C(=O)N4CCOCC4)cc23)cc1. The Bertz CT molecular complexity index is 892. The van der Waals surface area contributed by atoms with Gasteiger partial charge in [0.1, 0.15) is 0 Å². The van der Waals surface area contributed by atoms with Crippen LogP contribution in [0.4, 0.5) is 0 Å². The molecule has 2 heterocycles. The second-order valence-corrected chi connectivity index (χ2v) is 7.59. The predicted octanol–water partition coefficient (Wildman–Crippen LogP) is 4.27. The van der Waals surface area contributed by atoms with Crippen LogP contribution in [0.15, 0.2) is 48.5 Å². The first-order chi connectivity index (χ1) is 12.2. The van der Waals surface area contributed by atoms with Crippen molar-refractivity contribution >= 4 is 27.3 Å². The molecule has 2 aromatic carbocycles. The van der Waals surface area contributed by atoms with E-state index < -0.39 is 0 Å². The number of aryl methyl sites for hydroxylation is 1. The molecule has 1 fully saturated rings. The molecule has 0 bridgehead atoms. The first-order valence-corrected chi connectivity index (χ1v) is 9.46. The highest BCUT2D eigenvalue weighted by Crippen LogP contribution is 2.30. The van der Waals surface area contributed by atoms with E-state index in [2.05, 4.69) is 55.5 Å². The highest BCUT2D eigenvalue weighted by Gasteiger charge is 2.21. The van der Waals surface area contributed by atoms with Crippen LogP contribution in [0.2, 0.25) is 0 Å². The molecule has 25 heavy (non-hydrogen) atoms. The number of amides is 1. The van der Waals surface area contributed by atoms with Gasteiger partial charge in [-0.2, -0.15) is 0 Å². The Morgan fingerprint density at radius 1 is 1.12 bits per heavy atom. The minimum Gasteiger partial charge on any atom is -0.378 e. The molecule has 1 aromatic heterocycles. The van der Waals surface area contributed by atoms with Crippen LogP contribution < -0.4 is 0 Å². The minimum absolute atomic E-state index is 0.130. The van der Waals surface area contributed by atoms with Crippen molar-refractivity contribution in [2.45, 2.75) is 13.3 Å². The molecule has 128 valence electrons. The summed E-state index contributed by atoms with van der Waals surface area (Å²) in [6.07, 6.45) is 0.888. The van der Waals surface area contributed by atoms with Crippen LogP contribution in [0.1, 0.15) is 26.4 Å². The number of morpholine rings is 1. The van der Waals surface area contributed by atoms with E-state index in [0.717, 1.165) is 11.3 Å². The third kappa shape index (κ3) is 3.46. The van der Waals surface area contributed by atoms with E-state index in [1.165, 1.54) is 26.8 Å². The summed E-state index contributed by atoms with van der Waals surface area (Å²) in [4.78, 5) is 15.5. The van der Waals surface area contributed by atoms with Crippen LogP contribution in [0.3, 0.4) is 0 Å². The molecule has 0 N–H and O–H groups in total. The molecule has 4 heteroatoms. The van der Waals surface area contributed by atoms with Crippen LogP contribution in [0.25, 0.3) is 10.1 Å². The number of fused-ring (bicyclic) bond motifs is 1. The molecule has 0 aliphatic carbocycles. The van der Waals surface area contributed by atoms with Gasteiger partial charge in [-0.3, -0.25) is 4.79 Å². The largest absolute Gasteiger partial charge is 0.378 e. The van der Waals surface area contributed by atoms with Gasteiger partial charge in [0.2, 0.25) is 0 Å². The molecule has 1 saturated heterocycles. The van der Waals surface area contributed by atoms with Crippen molar-refractivity contribution in [3.05, 3.63) is 70.1 Å². The van der Waals surface area contributed by atoms with Crippen molar-refractivity contribution in [3.8, 4) is 0 Å². The summed E-state index contributed by atoms with van der Waals surface area (Å²) in [7, 11) is 0. The zero-order valence-electron chi connectivity index (χ0n) is 14.3. The molecule has 1 aliphatic rings. The van der Waals surface area contributed by atoms with Gasteiger partial charge < -0.3 is 9.64 Å². The van der Waals surface area contributed by atoms with Gasteiger partial charge in [0.05, 0.1) is 18.1 Å². The van der Waals surface area contributed by atoms with Gasteiger partial charge >= 0.3 is 0 Å². The molecule has 0 radical (unpaired) electrons. The van der Waals surface area contributed by atoms with Gasteiger partial charge in [-0.25, -0.2) is 0 Å². The molecule has 1 aliphatic heterocycles. The number of rotatable bonds is 3. The van der Waals surface area contributed by atoms with Crippen LogP contribution >= 0.6 is 11.3 Å². The van der Waals surface area contributed by atoms with Gasteiger partial charge in [0.15, 0.2) is 0 Å². The Morgan fingerprint density at radius 3 is 2.64 bits per heavy atom. The topological polar surface area (TPSA) is 29.5 Å². The van der Waals surface area contributed by atoms with Crippen LogP contribution in [-0.2, 0) is 11.2 Å². The molecule has 0 spiro atoms. The number of hydrogen-bond donors (Lipinski definition) is 0. The van der Waals surface area contributed by atoms with Gasteiger partial charge in [0, 0.05) is 17.8 Å². The van der Waals surface area contributed by atoms with Crippen molar-refractivity contribution in [2.24, 2.45) is 0 Å². The number of carbonyl (C=O) groups excluding carboxylic acids is 1. The zero-order valence-corrected chi connectivity index (χ0v) is 15.1. The lowest BCUT2D eigenvalue weighted by atomic mass is 10.0. The molecular weight excluding hydrogens is 330 g/mol. The summed E-state index contributed by atoms with van der Waals surface area (Å²) in [5, 5.41) is 1.20. The Kier molecular flexibility index (Phi) is 4.55. The minimum atomic E-state index is 0.130. The van der Waals surface area contributed by atoms with E-state index in [-0.39, 0.29) is 5.91 Å². The van der Waals surface area contributed by atoms with Gasteiger partial charge in [-0.1, -0.05) is 42.0 Å². The maximum Gasteiger partial charge on any atom is 0.264 e. The van der Waals surface area contributed by atoms with E-state index in [4.69, 9.17) is 4.74 Å². The summed E-state index contributed by atoms with van der Waals surface area (Å²) >= 11 is 1.59. The average molecular weight is 351 g/mol. The molecule has 0 unspecified atom stereocenters. The highest BCUT2D eigenvalue weighted by molar-refractivity contribution is 7.20. The van der Waals surface area contributed by atoms with Crippen molar-refractivity contribution in [2.75, 3.05) is 26.3 Å². The number of ether oxygens (including phenoxy) is 1. The summed E-state index contributed by atoms with van der Waals surface area (Å²) < 4.78 is 6.53. The number of benzene rings is 2. The van der Waals surface area contributed by atoms with Gasteiger partial charge in [0.25, 0.3) is 5.91 Å². The molecule has 3 aromatic rings. The quantitative estimate of drug-likeness (QED) is 0.705. The van der Waals surface area contributed by atoms with Crippen molar-refractivity contribution in [1.29, 1.82) is 0 Å². The Labute approximate surface area is 151 Å². The van der Waals surface area contributed by atoms with Crippen molar-refractivity contribution in [1.82, 2.24) is 4.90 Å². The number of thiophene rings is 1. The van der Waals surface area contributed by atoms with E-state index >= 15 is 0 Å². The van der Waals surface area contributed by atoms with Crippen molar-refractivity contribution < 1.29 is 9.53 Å². The second kappa shape index (κ2) is 6.98. The standard InChI is InChI=1S/C21H21NO2S/c1-15-5-7-16(8-6-15)13-17-3-2-4-19-18(17)14-20(25-19)21(23)22-9-11-24-12-10-22/h2-8,14H,9-13H2,1H3. The summed E-state index contributed by atoms with van der Waals surface area (Å²) in [5.74, 6) is 0.130. The van der Waals surface area contributed by atoms with E-state index in [1.807, 2.05) is 4.90 Å². The smallest absolute Gasteiger partial charge is 0.264 e. The molecule has 0 atom stereocenters. The van der Waals surface area contributed by atoms with E-state index in [9.17, 15) is 4.79 Å². The number of carbonyl (C=O) groups is 1. The maximum atomic E-state index is 12.8. The van der Waals surface area contributed by atoms with Crippen LogP contribution in [-0.4, -0.2) is 37.1 Å². The molecule has 1 amide bonds. The van der Waals surface area contributed by atoms with Crippen molar-refractivity contribution in [3.63, 3.8) is 0 Å². The van der Waals surface area contributed by atoms with E-state index in [1.54, 1.807) is 11.3 Å². The Balaban J connectivity index is 1.64. The lowest BCUT2D eigenvalue weighted by molar-refractivity contribution is 0.0306. The first kappa shape index (κ1) is 16.3. The van der Waals surface area contributed by atoms with Crippen LogP contribution in [0, 0.1) is 6.92 Å². The fourth-order valence-electron chi connectivity index (χ4n) is 3.23. The number of nitrogens with zero attached hydrogens (tertiary/aromatic N) is 1. The molecule has 0 saturated carbocycles. The molecule has 4 rings (SSSR count). The number of hydrogen-bond acceptors (Lipinski definition) is 3.